The van der Waals surface area contributed by atoms with Gasteiger partial charge in [-0.15, -0.1) is 0 Å². The molecule has 2 nitrogen and oxygen atoms in total. The first kappa shape index (κ1) is 31.5. The lowest BCUT2D eigenvalue weighted by atomic mass is 9.65. The zero-order valence-corrected chi connectivity index (χ0v) is 31.3. The zero-order valence-electron chi connectivity index (χ0n) is 31.3. The predicted molar refractivity (Wildman–Crippen MR) is 231 cm³/mol. The van der Waals surface area contributed by atoms with Gasteiger partial charge in [0.05, 0.1) is 5.41 Å². The van der Waals surface area contributed by atoms with Gasteiger partial charge in [-0.3, -0.25) is 0 Å². The molecular formula is C54H37NO. The van der Waals surface area contributed by atoms with Gasteiger partial charge in [0.2, 0.25) is 0 Å². The minimum Gasteiger partial charge on any atom is -0.457 e. The lowest BCUT2D eigenvalue weighted by molar-refractivity contribution is 0.438. The summed E-state index contributed by atoms with van der Waals surface area (Å²) in [4.78, 5) is 2.47. The van der Waals surface area contributed by atoms with Crippen molar-refractivity contribution in [1.29, 1.82) is 0 Å². The zero-order chi connectivity index (χ0) is 37.2. The number of ether oxygens (including phenoxy) is 1. The molecule has 0 radical (unpaired) electrons. The molecule has 1 unspecified atom stereocenters. The van der Waals surface area contributed by atoms with Crippen LogP contribution < -0.4 is 9.64 Å². The highest BCUT2D eigenvalue weighted by molar-refractivity contribution is 5.99. The van der Waals surface area contributed by atoms with Crippen molar-refractivity contribution in [2.75, 3.05) is 4.90 Å². The quantitative estimate of drug-likeness (QED) is 0.181. The second-order valence-electron chi connectivity index (χ2n) is 16.1. The lowest BCUT2D eigenvalue weighted by Crippen LogP contribution is -2.32. The van der Waals surface area contributed by atoms with Gasteiger partial charge in [0.25, 0.3) is 0 Å². The molecular weight excluding hydrogens is 679 g/mol. The largest absolute Gasteiger partial charge is 0.457 e. The fourth-order valence-electron chi connectivity index (χ4n) is 10.4. The van der Waals surface area contributed by atoms with Crippen molar-refractivity contribution in [2.45, 2.75) is 24.7 Å². The van der Waals surface area contributed by atoms with Crippen molar-refractivity contribution in [2.24, 2.45) is 0 Å². The van der Waals surface area contributed by atoms with Crippen LogP contribution in [0, 0.1) is 0 Å². The van der Waals surface area contributed by atoms with E-state index in [1.165, 1.54) is 77.2 Å². The maximum Gasteiger partial charge on any atom is 0.132 e. The van der Waals surface area contributed by atoms with E-state index in [4.69, 9.17) is 4.74 Å². The third kappa shape index (κ3) is 4.11. The molecule has 1 atom stereocenters. The van der Waals surface area contributed by atoms with E-state index in [-0.39, 0.29) is 5.41 Å². The van der Waals surface area contributed by atoms with E-state index in [0.717, 1.165) is 28.6 Å². The Morgan fingerprint density at radius 1 is 0.375 bits per heavy atom. The standard InChI is InChI=1S/C54H37NO/c1-53(2)45-19-9-7-17-41(45)43-28-26-38(32-48(43)53)55(37-25-23-34-13-3-4-15-36(34)31-37)39-27-29-44-42-18-8-10-20-46(42)54(49(44)33-39)47-21-11-12-22-50(47)56-51-30-24-35-14-5-6-16-40(35)52(51)54/h3-33H,1-2H3. The van der Waals surface area contributed by atoms with E-state index < -0.39 is 5.41 Å². The van der Waals surface area contributed by atoms with E-state index in [2.05, 4.69) is 207 Å². The second kappa shape index (κ2) is 11.3. The third-order valence-electron chi connectivity index (χ3n) is 12.9. The smallest absolute Gasteiger partial charge is 0.132 e. The summed E-state index contributed by atoms with van der Waals surface area (Å²) in [5.41, 5.74) is 15.5. The van der Waals surface area contributed by atoms with Crippen LogP contribution in [-0.4, -0.2) is 0 Å². The Hall–Kier alpha value is -6.90. The van der Waals surface area contributed by atoms with Crippen molar-refractivity contribution >= 4 is 38.6 Å². The number of hydrogen-bond acceptors (Lipinski definition) is 2. The Morgan fingerprint density at radius 2 is 0.911 bits per heavy atom. The first-order valence-electron chi connectivity index (χ1n) is 19.6. The van der Waals surface area contributed by atoms with Gasteiger partial charge in [-0.05, 0) is 115 Å². The van der Waals surface area contributed by atoms with E-state index in [0.29, 0.717) is 0 Å². The molecule has 56 heavy (non-hydrogen) atoms. The van der Waals surface area contributed by atoms with Crippen molar-refractivity contribution in [1.82, 2.24) is 0 Å². The topological polar surface area (TPSA) is 12.5 Å². The summed E-state index contributed by atoms with van der Waals surface area (Å²) in [7, 11) is 0. The Labute approximate surface area is 326 Å². The van der Waals surface area contributed by atoms with Crippen molar-refractivity contribution in [3.05, 3.63) is 221 Å². The molecule has 0 aromatic heterocycles. The van der Waals surface area contributed by atoms with E-state index in [1.807, 2.05) is 0 Å². The molecule has 0 amide bonds. The van der Waals surface area contributed by atoms with Crippen LogP contribution in [0.25, 0.3) is 43.8 Å². The average molecular weight is 716 g/mol. The van der Waals surface area contributed by atoms with Crippen LogP contribution in [0.2, 0.25) is 0 Å². The van der Waals surface area contributed by atoms with Gasteiger partial charge in [0.15, 0.2) is 0 Å². The minimum absolute atomic E-state index is 0.128. The summed E-state index contributed by atoms with van der Waals surface area (Å²) in [6, 6.07) is 69.5. The SMILES string of the molecule is CC1(C)c2ccccc2-c2ccc(N(c3ccc4c(c3)C3(c5ccccc5Oc5ccc6ccccc6c53)c3ccccc3-4)c3ccc4ccccc4c3)cc21. The monoisotopic (exact) mass is 715 g/mol. The van der Waals surface area contributed by atoms with Gasteiger partial charge in [-0.1, -0.05) is 153 Å². The molecule has 0 fully saturated rings. The number of hydrogen-bond donors (Lipinski definition) is 0. The van der Waals surface area contributed by atoms with Gasteiger partial charge in [0.1, 0.15) is 11.5 Å². The Morgan fingerprint density at radius 3 is 1.71 bits per heavy atom. The molecule has 2 aliphatic carbocycles. The predicted octanol–water partition coefficient (Wildman–Crippen LogP) is 14.2. The molecule has 1 heterocycles. The summed E-state index contributed by atoms with van der Waals surface area (Å²) in [6.07, 6.45) is 0. The highest BCUT2D eigenvalue weighted by Crippen LogP contribution is 2.64. The number of para-hydroxylation sites is 1. The van der Waals surface area contributed by atoms with Crippen LogP contribution in [0.3, 0.4) is 0 Å². The van der Waals surface area contributed by atoms with Crippen LogP contribution in [0.15, 0.2) is 188 Å². The number of nitrogens with zero attached hydrogens (tertiary/aromatic N) is 1. The van der Waals surface area contributed by atoms with Crippen molar-refractivity contribution < 1.29 is 4.74 Å². The van der Waals surface area contributed by atoms with Gasteiger partial charge >= 0.3 is 0 Å². The fourth-order valence-corrected chi connectivity index (χ4v) is 10.4. The molecule has 2 heteroatoms. The van der Waals surface area contributed by atoms with E-state index in [1.54, 1.807) is 0 Å². The van der Waals surface area contributed by atoms with Gasteiger partial charge < -0.3 is 9.64 Å². The molecule has 0 saturated heterocycles. The molecule has 1 aliphatic heterocycles. The Kier molecular flexibility index (Phi) is 6.36. The molecule has 3 aliphatic rings. The number of benzene rings is 9. The molecule has 9 aromatic rings. The van der Waals surface area contributed by atoms with Crippen LogP contribution >= 0.6 is 0 Å². The van der Waals surface area contributed by atoms with Crippen molar-refractivity contribution in [3.8, 4) is 33.8 Å². The molecule has 12 rings (SSSR count). The van der Waals surface area contributed by atoms with Crippen LogP contribution in [0.4, 0.5) is 17.1 Å². The van der Waals surface area contributed by atoms with E-state index in [9.17, 15) is 0 Å². The molecule has 1 spiro atoms. The first-order valence-corrected chi connectivity index (χ1v) is 19.6. The summed E-state index contributed by atoms with van der Waals surface area (Å²) in [5, 5.41) is 4.86. The van der Waals surface area contributed by atoms with Gasteiger partial charge in [-0.25, -0.2) is 0 Å². The number of fused-ring (bicyclic) bond motifs is 15. The van der Waals surface area contributed by atoms with Gasteiger partial charge in [0, 0.05) is 33.6 Å². The summed E-state index contributed by atoms with van der Waals surface area (Å²) < 4.78 is 6.84. The fraction of sp³-hybridized carbons (Fsp3) is 0.0741. The number of rotatable bonds is 3. The van der Waals surface area contributed by atoms with Crippen molar-refractivity contribution in [3.63, 3.8) is 0 Å². The van der Waals surface area contributed by atoms with Crippen LogP contribution in [-0.2, 0) is 10.8 Å². The Bertz CT molecular complexity index is 3120. The average Bonchev–Trinajstić information content (AvgIpc) is 3.66. The summed E-state index contributed by atoms with van der Waals surface area (Å²) in [5.74, 6) is 1.80. The van der Waals surface area contributed by atoms with E-state index >= 15 is 0 Å². The molecule has 0 bridgehead atoms. The summed E-state index contributed by atoms with van der Waals surface area (Å²) >= 11 is 0. The molecule has 264 valence electrons. The normalized spacial score (nSPS) is 16.4. The maximum atomic E-state index is 6.84. The third-order valence-corrected chi connectivity index (χ3v) is 12.9. The number of anilines is 3. The lowest BCUT2D eigenvalue weighted by Gasteiger charge is -2.40. The minimum atomic E-state index is -0.608. The Balaban J connectivity index is 1.16. The molecule has 0 N–H and O–H groups in total. The van der Waals surface area contributed by atoms with Gasteiger partial charge in [-0.2, -0.15) is 0 Å². The summed E-state index contributed by atoms with van der Waals surface area (Å²) in [6.45, 7) is 4.73. The highest BCUT2D eigenvalue weighted by Gasteiger charge is 2.52. The first-order chi connectivity index (χ1) is 27.5. The highest BCUT2D eigenvalue weighted by atomic mass is 16.5. The molecule has 0 saturated carbocycles. The second-order valence-corrected chi connectivity index (χ2v) is 16.1. The van der Waals surface area contributed by atoms with Crippen LogP contribution in [0.5, 0.6) is 11.5 Å². The van der Waals surface area contributed by atoms with Crippen LogP contribution in [0.1, 0.15) is 47.2 Å². The maximum absolute atomic E-state index is 6.84. The molecule has 9 aromatic carbocycles.